The van der Waals surface area contributed by atoms with E-state index in [0.29, 0.717) is 0 Å². The Morgan fingerprint density at radius 3 is 2.56 bits per heavy atom. The first-order valence-corrected chi connectivity index (χ1v) is 10.8. The fourth-order valence-corrected chi connectivity index (χ4v) is 4.90. The van der Waals surface area contributed by atoms with Gasteiger partial charge in [0, 0.05) is 28.9 Å². The maximum Gasteiger partial charge on any atom is 0.329 e. The Kier molecular flexibility index (Phi) is 5.53. The first-order chi connectivity index (χ1) is 15.1. The van der Waals surface area contributed by atoms with Gasteiger partial charge in [0.15, 0.2) is 0 Å². The van der Waals surface area contributed by atoms with E-state index in [9.17, 15) is 14.0 Å². The summed E-state index contributed by atoms with van der Waals surface area (Å²) < 4.78 is 29.1. The van der Waals surface area contributed by atoms with Gasteiger partial charge >= 0.3 is 6.03 Å². The van der Waals surface area contributed by atoms with Crippen LogP contribution in [0.1, 0.15) is 56.7 Å². The van der Waals surface area contributed by atoms with Crippen molar-refractivity contribution in [1.82, 2.24) is 10.2 Å². The number of halogens is 2. The molecular formula is C25H27F2N3O2. The molecule has 168 valence electrons. The maximum absolute atomic E-state index is 15.1. The van der Waals surface area contributed by atoms with Gasteiger partial charge in [-0.1, -0.05) is 25.1 Å². The van der Waals surface area contributed by atoms with Gasteiger partial charge in [0.25, 0.3) is 5.91 Å². The Morgan fingerprint density at radius 2 is 1.88 bits per heavy atom. The van der Waals surface area contributed by atoms with Crippen molar-refractivity contribution in [3.63, 3.8) is 0 Å². The molecule has 32 heavy (non-hydrogen) atoms. The minimum absolute atomic E-state index is 0.0265. The number of rotatable bonds is 4. The lowest BCUT2D eigenvalue weighted by Crippen LogP contribution is -2.48. The van der Waals surface area contributed by atoms with Crippen molar-refractivity contribution in [2.45, 2.75) is 52.1 Å². The van der Waals surface area contributed by atoms with E-state index in [2.05, 4.69) is 31.0 Å². The van der Waals surface area contributed by atoms with Crippen LogP contribution in [-0.4, -0.2) is 28.9 Å². The van der Waals surface area contributed by atoms with E-state index in [0.717, 1.165) is 29.1 Å². The van der Waals surface area contributed by atoms with Crippen molar-refractivity contribution in [2.75, 3.05) is 11.4 Å². The van der Waals surface area contributed by atoms with Crippen molar-refractivity contribution in [2.24, 2.45) is 0 Å². The smallest absolute Gasteiger partial charge is 0.329 e. The summed E-state index contributed by atoms with van der Waals surface area (Å²) in [6, 6.07) is 8.59. The highest BCUT2D eigenvalue weighted by molar-refractivity contribution is 6.13. The second-order valence-electron chi connectivity index (χ2n) is 9.07. The third-order valence-corrected chi connectivity index (χ3v) is 6.37. The van der Waals surface area contributed by atoms with E-state index in [-0.39, 0.29) is 34.8 Å². The number of fused-ring (bicyclic) bond motifs is 1. The Balaban J connectivity index is 1.66. The van der Waals surface area contributed by atoms with E-state index in [1.807, 2.05) is 6.92 Å². The van der Waals surface area contributed by atoms with Gasteiger partial charge in [-0.25, -0.2) is 13.6 Å². The van der Waals surface area contributed by atoms with Crippen LogP contribution in [0, 0.1) is 11.6 Å². The quantitative estimate of drug-likeness (QED) is 0.528. The van der Waals surface area contributed by atoms with Crippen LogP contribution in [0.5, 0.6) is 0 Å². The van der Waals surface area contributed by atoms with Gasteiger partial charge in [-0.2, -0.15) is 0 Å². The highest BCUT2D eigenvalue weighted by Crippen LogP contribution is 2.44. The lowest BCUT2D eigenvalue weighted by Gasteiger charge is -2.47. The zero-order chi connectivity index (χ0) is 23.2. The van der Waals surface area contributed by atoms with Crippen molar-refractivity contribution < 1.29 is 18.4 Å². The minimum atomic E-state index is -0.657. The number of anilines is 1. The predicted octanol–water partition coefficient (Wildman–Crippen LogP) is 5.17. The van der Waals surface area contributed by atoms with Gasteiger partial charge in [-0.05, 0) is 62.9 Å². The third kappa shape index (κ3) is 3.76. The number of carbonyl (C=O) groups is 2. The maximum atomic E-state index is 15.1. The second-order valence-corrected chi connectivity index (χ2v) is 9.07. The molecule has 5 nitrogen and oxygen atoms in total. The first kappa shape index (κ1) is 22.0. The number of hydrogen-bond acceptors (Lipinski definition) is 3. The Bertz CT molecular complexity index is 1130. The van der Waals surface area contributed by atoms with Crippen molar-refractivity contribution >= 4 is 23.7 Å². The summed E-state index contributed by atoms with van der Waals surface area (Å²) in [5.74, 6) is -1.36. The number of nitrogens with one attached hydrogen (secondary N) is 1. The van der Waals surface area contributed by atoms with Crippen molar-refractivity contribution in [1.29, 1.82) is 0 Å². The molecule has 0 saturated carbocycles. The number of imide groups is 1. The normalized spacial score (nSPS) is 21.2. The summed E-state index contributed by atoms with van der Waals surface area (Å²) in [6.07, 6.45) is 2.28. The van der Waals surface area contributed by atoms with Crippen LogP contribution in [0.25, 0.3) is 6.08 Å². The van der Waals surface area contributed by atoms with E-state index < -0.39 is 23.6 Å². The molecule has 1 N–H and O–H groups in total. The van der Waals surface area contributed by atoms with Crippen LogP contribution in [0.3, 0.4) is 0 Å². The lowest BCUT2D eigenvalue weighted by molar-refractivity contribution is -0.123. The van der Waals surface area contributed by atoms with E-state index in [4.69, 9.17) is 0 Å². The van der Waals surface area contributed by atoms with Gasteiger partial charge in [0.05, 0.1) is 6.54 Å². The zero-order valence-electron chi connectivity index (χ0n) is 18.7. The standard InChI is InChI=1S/C25H27F2N3O2/c1-5-30-22-12-20(27)17(10-18(22)15(2)13-25(30,3)4)11-21-23(31)29(24(32)28-21)14-16-8-6-7-9-19(16)26/h6-12,15H,5,13-14H2,1-4H3,(H,28,32)/b21-11+. The molecule has 7 heteroatoms. The molecule has 2 aromatic rings. The summed E-state index contributed by atoms with van der Waals surface area (Å²) in [5, 5.41) is 2.49. The number of amides is 3. The van der Waals surface area contributed by atoms with E-state index in [1.165, 1.54) is 30.3 Å². The monoisotopic (exact) mass is 439 g/mol. The number of carbonyl (C=O) groups excluding carboxylic acids is 2. The number of benzene rings is 2. The summed E-state index contributed by atoms with van der Waals surface area (Å²) in [5.41, 5.74) is 2.23. The van der Waals surface area contributed by atoms with Crippen LogP contribution in [0.2, 0.25) is 0 Å². The van der Waals surface area contributed by atoms with Crippen LogP contribution < -0.4 is 10.2 Å². The van der Waals surface area contributed by atoms with Gasteiger partial charge in [0.1, 0.15) is 17.3 Å². The molecule has 2 aliphatic heterocycles. The molecule has 1 unspecified atom stereocenters. The van der Waals surface area contributed by atoms with Crippen LogP contribution in [0.4, 0.5) is 19.3 Å². The Morgan fingerprint density at radius 1 is 1.16 bits per heavy atom. The third-order valence-electron chi connectivity index (χ3n) is 6.37. The second kappa shape index (κ2) is 8.04. The number of hydrogen-bond donors (Lipinski definition) is 1. The van der Waals surface area contributed by atoms with E-state index in [1.54, 1.807) is 12.1 Å². The number of urea groups is 1. The molecule has 1 saturated heterocycles. The molecule has 4 rings (SSSR count). The van der Waals surface area contributed by atoms with Gasteiger partial charge in [-0.15, -0.1) is 0 Å². The summed E-state index contributed by atoms with van der Waals surface area (Å²) in [6.45, 7) is 9.03. The summed E-state index contributed by atoms with van der Waals surface area (Å²) >= 11 is 0. The highest BCUT2D eigenvalue weighted by Gasteiger charge is 2.37. The molecule has 0 spiro atoms. The topological polar surface area (TPSA) is 52.7 Å². The molecular weight excluding hydrogens is 412 g/mol. The molecule has 2 aliphatic rings. The average molecular weight is 440 g/mol. The van der Waals surface area contributed by atoms with Gasteiger partial charge in [0.2, 0.25) is 0 Å². The molecule has 0 bridgehead atoms. The highest BCUT2D eigenvalue weighted by atomic mass is 19.1. The fourth-order valence-electron chi connectivity index (χ4n) is 4.90. The molecule has 1 fully saturated rings. The zero-order valence-corrected chi connectivity index (χ0v) is 18.7. The fraction of sp³-hybridized carbons (Fsp3) is 0.360. The molecule has 0 radical (unpaired) electrons. The molecule has 2 heterocycles. The Hall–Kier alpha value is -3.22. The molecule has 0 aromatic heterocycles. The molecule has 0 aliphatic carbocycles. The SMILES string of the molecule is CCN1c2cc(F)c(/C=C3/NC(=O)N(Cc4ccccc4F)C3=O)cc2C(C)CC1(C)C. The van der Waals surface area contributed by atoms with Gasteiger partial charge in [-0.3, -0.25) is 9.69 Å². The number of nitrogens with zero attached hydrogens (tertiary/aromatic N) is 2. The Labute approximate surface area is 186 Å². The molecule has 3 amide bonds. The van der Waals surface area contributed by atoms with E-state index >= 15 is 4.39 Å². The molecule has 2 aromatic carbocycles. The average Bonchev–Trinajstić information content (AvgIpc) is 2.98. The van der Waals surface area contributed by atoms with Crippen LogP contribution in [0.15, 0.2) is 42.1 Å². The summed E-state index contributed by atoms with van der Waals surface area (Å²) in [7, 11) is 0. The molecule has 1 atom stereocenters. The summed E-state index contributed by atoms with van der Waals surface area (Å²) in [4.78, 5) is 28.3. The van der Waals surface area contributed by atoms with Crippen molar-refractivity contribution in [3.8, 4) is 0 Å². The minimum Gasteiger partial charge on any atom is -0.366 e. The van der Waals surface area contributed by atoms with Crippen LogP contribution >= 0.6 is 0 Å². The first-order valence-electron chi connectivity index (χ1n) is 10.8. The van der Waals surface area contributed by atoms with Gasteiger partial charge < -0.3 is 10.2 Å². The van der Waals surface area contributed by atoms with Crippen LogP contribution in [-0.2, 0) is 11.3 Å². The predicted molar refractivity (Wildman–Crippen MR) is 120 cm³/mol. The largest absolute Gasteiger partial charge is 0.366 e. The lowest BCUT2D eigenvalue weighted by atomic mass is 9.79. The van der Waals surface area contributed by atoms with Crippen molar-refractivity contribution in [3.05, 3.63) is 70.4 Å².